The van der Waals surface area contributed by atoms with E-state index in [-0.39, 0.29) is 0 Å². The van der Waals surface area contributed by atoms with Crippen LogP contribution in [0.1, 0.15) is 68.2 Å². The Morgan fingerprint density at radius 2 is 1.15 bits per heavy atom. The SMILES string of the molecule is CCCCCCCc1ccc(C#C/C=C/C#Cc2ccc(CC)cc2)cc1. The smallest absolute Gasteiger partial charge is 0.0249 e. The zero-order valence-corrected chi connectivity index (χ0v) is 16.7. The minimum atomic E-state index is 1.04. The molecule has 0 heterocycles. The molecule has 138 valence electrons. The predicted octanol–water partition coefficient (Wildman–Crippen LogP) is 6.72. The number of allylic oxidation sites excluding steroid dienone is 2. The molecule has 0 unspecified atom stereocenters. The van der Waals surface area contributed by atoms with Gasteiger partial charge in [-0.2, -0.15) is 0 Å². The zero-order valence-electron chi connectivity index (χ0n) is 16.7. The molecule has 0 spiro atoms. The second-order valence-corrected chi connectivity index (χ2v) is 6.78. The van der Waals surface area contributed by atoms with Crippen molar-refractivity contribution in [2.75, 3.05) is 0 Å². The molecule has 2 aromatic carbocycles. The molecule has 0 bridgehead atoms. The topological polar surface area (TPSA) is 0 Å². The van der Waals surface area contributed by atoms with Gasteiger partial charge in [0.1, 0.15) is 0 Å². The molecule has 0 radical (unpaired) electrons. The fourth-order valence-corrected chi connectivity index (χ4v) is 2.84. The van der Waals surface area contributed by atoms with Crippen LogP contribution >= 0.6 is 0 Å². The van der Waals surface area contributed by atoms with E-state index in [1.807, 2.05) is 12.2 Å². The van der Waals surface area contributed by atoms with Crippen molar-refractivity contribution in [3.05, 3.63) is 82.9 Å². The van der Waals surface area contributed by atoms with Crippen LogP contribution < -0.4 is 0 Å². The second kappa shape index (κ2) is 12.6. The second-order valence-electron chi connectivity index (χ2n) is 6.78. The Kier molecular flexibility index (Phi) is 9.63. The molecule has 2 rings (SSSR count). The van der Waals surface area contributed by atoms with Gasteiger partial charge in [-0.25, -0.2) is 0 Å². The van der Waals surface area contributed by atoms with Crippen LogP contribution in [0.25, 0.3) is 0 Å². The molecule has 0 aromatic heterocycles. The van der Waals surface area contributed by atoms with Gasteiger partial charge in [-0.05, 0) is 66.8 Å². The molecule has 0 amide bonds. The van der Waals surface area contributed by atoms with Gasteiger partial charge >= 0.3 is 0 Å². The number of hydrogen-bond donors (Lipinski definition) is 0. The van der Waals surface area contributed by atoms with Crippen molar-refractivity contribution in [2.45, 2.75) is 58.8 Å². The number of aryl methyl sites for hydroxylation is 2. The summed E-state index contributed by atoms with van der Waals surface area (Å²) in [6.07, 6.45) is 12.5. The standard InChI is InChI=1S/C27H30/c1-3-5-6-7-10-13-26-20-22-27(23-21-26)15-12-9-8-11-14-25-18-16-24(4-2)17-19-25/h8-9,16-23H,3-7,10,13H2,1-2H3/b9-8+. The Morgan fingerprint density at radius 1 is 0.630 bits per heavy atom. The molecule has 0 aliphatic rings. The Bertz CT molecular complexity index is 812. The van der Waals surface area contributed by atoms with Crippen LogP contribution in [0.4, 0.5) is 0 Å². The molecule has 0 saturated heterocycles. The molecule has 2 aromatic rings. The Hall–Kier alpha value is -2.70. The average Bonchev–Trinajstić information content (AvgIpc) is 2.72. The van der Waals surface area contributed by atoms with Crippen molar-refractivity contribution in [2.24, 2.45) is 0 Å². The van der Waals surface area contributed by atoms with E-state index >= 15 is 0 Å². The van der Waals surface area contributed by atoms with Crippen molar-refractivity contribution in [3.63, 3.8) is 0 Å². The van der Waals surface area contributed by atoms with Crippen molar-refractivity contribution in [1.82, 2.24) is 0 Å². The molecule has 0 N–H and O–H groups in total. The summed E-state index contributed by atoms with van der Waals surface area (Å²) in [5.74, 6) is 12.4. The Labute approximate surface area is 165 Å². The first-order valence-electron chi connectivity index (χ1n) is 10.2. The summed E-state index contributed by atoms with van der Waals surface area (Å²) in [5, 5.41) is 0. The maximum atomic E-state index is 3.17. The van der Waals surface area contributed by atoms with Gasteiger partial charge in [0.2, 0.25) is 0 Å². The van der Waals surface area contributed by atoms with Gasteiger partial charge in [-0.15, -0.1) is 0 Å². The summed E-state index contributed by atoms with van der Waals surface area (Å²) >= 11 is 0. The molecule has 0 saturated carbocycles. The van der Waals surface area contributed by atoms with Crippen LogP contribution in [-0.2, 0) is 12.8 Å². The van der Waals surface area contributed by atoms with E-state index in [1.54, 1.807) is 0 Å². The van der Waals surface area contributed by atoms with Gasteiger partial charge in [-0.1, -0.05) is 87.5 Å². The third-order valence-electron chi connectivity index (χ3n) is 4.57. The molecule has 0 nitrogen and oxygen atoms in total. The summed E-state index contributed by atoms with van der Waals surface area (Å²) in [7, 11) is 0. The van der Waals surface area contributed by atoms with Crippen molar-refractivity contribution in [3.8, 4) is 23.7 Å². The summed E-state index contributed by atoms with van der Waals surface area (Å²) < 4.78 is 0. The summed E-state index contributed by atoms with van der Waals surface area (Å²) in [6, 6.07) is 17.0. The maximum absolute atomic E-state index is 3.17. The largest absolute Gasteiger partial charge is 0.0689 e. The van der Waals surface area contributed by atoms with E-state index in [2.05, 4.69) is 86.1 Å². The first-order chi connectivity index (χ1) is 13.3. The summed E-state index contributed by atoms with van der Waals surface area (Å²) in [4.78, 5) is 0. The minimum absolute atomic E-state index is 1.04. The van der Waals surface area contributed by atoms with Crippen molar-refractivity contribution >= 4 is 0 Å². The molecular formula is C27H30. The molecule has 0 aliphatic heterocycles. The Balaban J connectivity index is 1.78. The molecule has 0 heteroatoms. The van der Waals surface area contributed by atoms with Gasteiger partial charge in [0.15, 0.2) is 0 Å². The molecule has 27 heavy (non-hydrogen) atoms. The van der Waals surface area contributed by atoms with E-state index in [9.17, 15) is 0 Å². The van der Waals surface area contributed by atoms with Gasteiger partial charge in [0, 0.05) is 11.1 Å². The van der Waals surface area contributed by atoms with Crippen molar-refractivity contribution < 1.29 is 0 Å². The fraction of sp³-hybridized carbons (Fsp3) is 0.333. The van der Waals surface area contributed by atoms with Crippen LogP contribution in [0.2, 0.25) is 0 Å². The average molecular weight is 355 g/mol. The lowest BCUT2D eigenvalue weighted by Gasteiger charge is -2.01. The van der Waals surface area contributed by atoms with Crippen molar-refractivity contribution in [1.29, 1.82) is 0 Å². The first-order valence-corrected chi connectivity index (χ1v) is 10.2. The van der Waals surface area contributed by atoms with Gasteiger partial charge in [0.05, 0.1) is 0 Å². The molecular weight excluding hydrogens is 324 g/mol. The highest BCUT2D eigenvalue weighted by Crippen LogP contribution is 2.10. The highest BCUT2D eigenvalue weighted by Gasteiger charge is 1.94. The van der Waals surface area contributed by atoms with E-state index < -0.39 is 0 Å². The number of benzene rings is 2. The van der Waals surface area contributed by atoms with Crippen LogP contribution in [0.3, 0.4) is 0 Å². The van der Waals surface area contributed by atoms with Crippen LogP contribution in [0, 0.1) is 23.7 Å². The van der Waals surface area contributed by atoms with E-state index in [0.717, 1.165) is 17.5 Å². The third kappa shape index (κ3) is 8.48. The van der Waals surface area contributed by atoms with E-state index in [0.29, 0.717) is 0 Å². The molecule has 0 atom stereocenters. The lowest BCUT2D eigenvalue weighted by Crippen LogP contribution is -1.86. The first kappa shape index (κ1) is 20.6. The number of rotatable bonds is 7. The lowest BCUT2D eigenvalue weighted by atomic mass is 10.0. The van der Waals surface area contributed by atoms with E-state index in [1.165, 1.54) is 49.7 Å². The predicted molar refractivity (Wildman–Crippen MR) is 118 cm³/mol. The molecule has 0 aliphatic carbocycles. The molecule has 0 fully saturated rings. The maximum Gasteiger partial charge on any atom is 0.0249 e. The summed E-state index contributed by atoms with van der Waals surface area (Å²) in [5.41, 5.74) is 4.84. The number of hydrogen-bond acceptors (Lipinski definition) is 0. The van der Waals surface area contributed by atoms with Gasteiger partial charge in [-0.3, -0.25) is 0 Å². The van der Waals surface area contributed by atoms with Crippen LogP contribution in [0.5, 0.6) is 0 Å². The normalized spacial score (nSPS) is 10.1. The van der Waals surface area contributed by atoms with Crippen LogP contribution in [-0.4, -0.2) is 0 Å². The number of unbranched alkanes of at least 4 members (excludes halogenated alkanes) is 4. The quantitative estimate of drug-likeness (QED) is 0.382. The van der Waals surface area contributed by atoms with Gasteiger partial charge < -0.3 is 0 Å². The van der Waals surface area contributed by atoms with E-state index in [4.69, 9.17) is 0 Å². The Morgan fingerprint density at radius 3 is 1.67 bits per heavy atom. The fourth-order valence-electron chi connectivity index (χ4n) is 2.84. The minimum Gasteiger partial charge on any atom is -0.0689 e. The zero-order chi connectivity index (χ0) is 19.2. The lowest BCUT2D eigenvalue weighted by molar-refractivity contribution is 0.632. The van der Waals surface area contributed by atoms with Gasteiger partial charge in [0.25, 0.3) is 0 Å². The van der Waals surface area contributed by atoms with Crippen LogP contribution in [0.15, 0.2) is 60.7 Å². The third-order valence-corrected chi connectivity index (χ3v) is 4.57. The highest BCUT2D eigenvalue weighted by molar-refractivity contribution is 5.41. The monoisotopic (exact) mass is 354 g/mol. The summed E-state index contributed by atoms with van der Waals surface area (Å²) in [6.45, 7) is 4.41. The highest BCUT2D eigenvalue weighted by atomic mass is 14.0.